The fraction of sp³-hybridized carbons (Fsp3) is 0.263. The Morgan fingerprint density at radius 1 is 1.00 bits per heavy atom. The Hall–Kier alpha value is -2.67. The number of amides is 1. The second-order valence-electron chi connectivity index (χ2n) is 6.10. The van der Waals surface area contributed by atoms with Gasteiger partial charge in [-0.1, -0.05) is 17.7 Å². The number of anilines is 2. The first-order valence-corrected chi connectivity index (χ1v) is 9.97. The smallest absolute Gasteiger partial charge is 0.232 e. The van der Waals surface area contributed by atoms with E-state index in [1.54, 1.807) is 36.4 Å². The van der Waals surface area contributed by atoms with E-state index in [2.05, 4.69) is 5.32 Å². The lowest BCUT2D eigenvalue weighted by molar-refractivity contribution is -0.116. The zero-order valence-corrected chi connectivity index (χ0v) is 15.8. The number of carbonyl (C=O) groups excluding carboxylic acids is 2. The molecule has 0 unspecified atom stereocenters. The van der Waals surface area contributed by atoms with Crippen molar-refractivity contribution >= 4 is 33.1 Å². The number of Topliss-reactive ketones (excluding diaryl/α,β-unsaturated/α-hetero) is 1. The molecule has 2 aromatic rings. The van der Waals surface area contributed by atoms with Crippen molar-refractivity contribution in [2.75, 3.05) is 22.4 Å². The zero-order valence-electron chi connectivity index (χ0n) is 15.0. The number of aryl methyl sites for hydroxylation is 1. The molecule has 1 N–H and O–H groups in total. The van der Waals surface area contributed by atoms with Gasteiger partial charge in [-0.05, 0) is 50.2 Å². The summed E-state index contributed by atoms with van der Waals surface area (Å²) in [6.07, 6.45) is 1.13. The topological polar surface area (TPSA) is 83.6 Å². The highest BCUT2D eigenvalue weighted by Crippen LogP contribution is 2.19. The summed E-state index contributed by atoms with van der Waals surface area (Å²) in [6.45, 7) is 3.43. The van der Waals surface area contributed by atoms with E-state index in [4.69, 9.17) is 0 Å². The lowest BCUT2D eigenvalue weighted by Gasteiger charge is -2.22. The fourth-order valence-electron chi connectivity index (χ4n) is 2.41. The predicted octanol–water partition coefficient (Wildman–Crippen LogP) is 2.99. The van der Waals surface area contributed by atoms with Gasteiger partial charge in [0, 0.05) is 24.2 Å². The van der Waals surface area contributed by atoms with Gasteiger partial charge in [-0.3, -0.25) is 13.9 Å². The highest BCUT2D eigenvalue weighted by atomic mass is 32.2. The number of ketones is 1. The van der Waals surface area contributed by atoms with Crippen LogP contribution >= 0.6 is 0 Å². The number of hydrogen-bond acceptors (Lipinski definition) is 4. The molecular weight excluding hydrogens is 352 g/mol. The number of nitrogens with zero attached hydrogens (tertiary/aromatic N) is 1. The molecule has 6 nitrogen and oxygen atoms in total. The first kappa shape index (κ1) is 19.7. The Labute approximate surface area is 153 Å². The first-order chi connectivity index (χ1) is 12.2. The van der Waals surface area contributed by atoms with Crippen LogP contribution in [0, 0.1) is 6.92 Å². The minimum atomic E-state index is -3.50. The van der Waals surface area contributed by atoms with Crippen LogP contribution in [0.15, 0.2) is 48.5 Å². The molecular formula is C19H22N2O4S. The molecule has 0 saturated carbocycles. The van der Waals surface area contributed by atoms with Crippen LogP contribution in [-0.2, 0) is 14.8 Å². The summed E-state index contributed by atoms with van der Waals surface area (Å²) >= 11 is 0. The summed E-state index contributed by atoms with van der Waals surface area (Å²) in [5, 5.41) is 2.70. The van der Waals surface area contributed by atoms with E-state index >= 15 is 0 Å². The van der Waals surface area contributed by atoms with Crippen LogP contribution in [0.4, 0.5) is 11.4 Å². The highest BCUT2D eigenvalue weighted by molar-refractivity contribution is 7.92. The number of rotatable bonds is 7. The largest absolute Gasteiger partial charge is 0.326 e. The maximum absolute atomic E-state index is 12.1. The molecule has 0 aliphatic carbocycles. The van der Waals surface area contributed by atoms with Crippen molar-refractivity contribution in [1.82, 2.24) is 0 Å². The number of nitrogens with one attached hydrogen (secondary N) is 1. The first-order valence-electron chi connectivity index (χ1n) is 8.12. The lowest BCUT2D eigenvalue weighted by Crippen LogP contribution is -2.33. The molecule has 0 bridgehead atoms. The van der Waals surface area contributed by atoms with Gasteiger partial charge in [0.2, 0.25) is 15.9 Å². The van der Waals surface area contributed by atoms with Gasteiger partial charge in [-0.2, -0.15) is 0 Å². The molecule has 0 aromatic heterocycles. The minimum absolute atomic E-state index is 0.00933. The monoisotopic (exact) mass is 374 g/mol. The number of sulfonamides is 1. The molecule has 2 rings (SSSR count). The van der Waals surface area contributed by atoms with Crippen molar-refractivity contribution in [3.05, 3.63) is 59.7 Å². The SMILES string of the molecule is CC(=O)c1ccc(NC(=O)CCN(c2ccc(C)cc2)S(C)(=O)=O)cc1. The summed E-state index contributed by atoms with van der Waals surface area (Å²) in [6, 6.07) is 13.6. The van der Waals surface area contributed by atoms with Crippen molar-refractivity contribution in [2.45, 2.75) is 20.3 Å². The molecule has 0 aliphatic rings. The summed E-state index contributed by atoms with van der Waals surface area (Å²) < 4.78 is 25.3. The van der Waals surface area contributed by atoms with Crippen LogP contribution in [0.3, 0.4) is 0 Å². The predicted molar refractivity (Wildman–Crippen MR) is 103 cm³/mol. The van der Waals surface area contributed by atoms with Crippen molar-refractivity contribution in [2.24, 2.45) is 0 Å². The van der Waals surface area contributed by atoms with E-state index in [9.17, 15) is 18.0 Å². The standard InChI is InChI=1S/C19H22N2O4S/c1-14-4-10-18(11-5-14)21(26(3,24)25)13-12-19(23)20-17-8-6-16(7-9-17)15(2)22/h4-11H,12-13H2,1-3H3,(H,20,23). The summed E-state index contributed by atoms with van der Waals surface area (Å²) in [4.78, 5) is 23.4. The van der Waals surface area contributed by atoms with Crippen LogP contribution in [0.2, 0.25) is 0 Å². The number of hydrogen-bond donors (Lipinski definition) is 1. The summed E-state index contributed by atoms with van der Waals surface area (Å²) in [7, 11) is -3.50. The van der Waals surface area contributed by atoms with Gasteiger partial charge >= 0.3 is 0 Å². The minimum Gasteiger partial charge on any atom is -0.326 e. The van der Waals surface area contributed by atoms with Crippen LogP contribution in [0.25, 0.3) is 0 Å². The van der Waals surface area contributed by atoms with E-state index in [1.807, 2.05) is 19.1 Å². The third kappa shape index (κ3) is 5.42. The third-order valence-corrected chi connectivity index (χ3v) is 5.03. The fourth-order valence-corrected chi connectivity index (χ4v) is 3.34. The van der Waals surface area contributed by atoms with Gasteiger partial charge in [0.1, 0.15) is 0 Å². The van der Waals surface area contributed by atoms with Gasteiger partial charge in [0.25, 0.3) is 0 Å². The molecule has 0 aliphatic heterocycles. The molecule has 0 spiro atoms. The van der Waals surface area contributed by atoms with Crippen molar-refractivity contribution in [3.63, 3.8) is 0 Å². The van der Waals surface area contributed by atoms with Crippen LogP contribution in [0.1, 0.15) is 29.3 Å². The lowest BCUT2D eigenvalue weighted by atomic mass is 10.1. The quantitative estimate of drug-likeness (QED) is 0.755. The maximum atomic E-state index is 12.1. The molecule has 26 heavy (non-hydrogen) atoms. The molecule has 0 fully saturated rings. The Morgan fingerprint density at radius 3 is 2.08 bits per heavy atom. The molecule has 7 heteroatoms. The second kappa shape index (κ2) is 8.14. The van der Waals surface area contributed by atoms with E-state index in [1.165, 1.54) is 11.2 Å². The molecule has 0 radical (unpaired) electrons. The Morgan fingerprint density at radius 2 is 1.58 bits per heavy atom. The Balaban J connectivity index is 2.02. The normalized spacial score (nSPS) is 11.0. The summed E-state index contributed by atoms with van der Waals surface area (Å²) in [5.74, 6) is -0.355. The van der Waals surface area contributed by atoms with Crippen LogP contribution < -0.4 is 9.62 Å². The van der Waals surface area contributed by atoms with E-state index in [0.29, 0.717) is 16.9 Å². The van der Waals surface area contributed by atoms with Gasteiger partial charge < -0.3 is 5.32 Å². The van der Waals surface area contributed by atoms with E-state index in [-0.39, 0.29) is 24.7 Å². The molecule has 138 valence electrons. The average molecular weight is 374 g/mol. The van der Waals surface area contributed by atoms with Crippen molar-refractivity contribution in [3.8, 4) is 0 Å². The number of carbonyl (C=O) groups is 2. The van der Waals surface area contributed by atoms with Gasteiger partial charge in [0.05, 0.1) is 11.9 Å². The molecule has 0 saturated heterocycles. The highest BCUT2D eigenvalue weighted by Gasteiger charge is 2.18. The van der Waals surface area contributed by atoms with Gasteiger partial charge in [-0.15, -0.1) is 0 Å². The van der Waals surface area contributed by atoms with E-state index < -0.39 is 10.0 Å². The van der Waals surface area contributed by atoms with Gasteiger partial charge in [-0.25, -0.2) is 8.42 Å². The molecule has 0 atom stereocenters. The van der Waals surface area contributed by atoms with Crippen LogP contribution in [-0.4, -0.2) is 32.9 Å². The van der Waals surface area contributed by atoms with Crippen LogP contribution in [0.5, 0.6) is 0 Å². The number of benzene rings is 2. The Bertz CT molecular complexity index is 888. The zero-order chi connectivity index (χ0) is 19.3. The average Bonchev–Trinajstić information content (AvgIpc) is 2.56. The Kier molecular flexibility index (Phi) is 6.15. The molecule has 2 aromatic carbocycles. The third-order valence-electron chi connectivity index (χ3n) is 3.84. The van der Waals surface area contributed by atoms with Crippen molar-refractivity contribution < 1.29 is 18.0 Å². The van der Waals surface area contributed by atoms with E-state index in [0.717, 1.165) is 11.8 Å². The van der Waals surface area contributed by atoms with Gasteiger partial charge in [0.15, 0.2) is 5.78 Å². The molecule has 1 amide bonds. The second-order valence-corrected chi connectivity index (χ2v) is 8.01. The maximum Gasteiger partial charge on any atom is 0.232 e. The van der Waals surface area contributed by atoms with Crippen molar-refractivity contribution in [1.29, 1.82) is 0 Å². The molecule has 0 heterocycles. The summed E-state index contributed by atoms with van der Waals surface area (Å²) in [5.41, 5.74) is 2.66.